The minimum atomic E-state index is -0.158. The largest absolute Gasteiger partial charge is 0.373 e. The molecule has 5 nitrogen and oxygen atoms in total. The highest BCUT2D eigenvalue weighted by Crippen LogP contribution is 2.26. The Morgan fingerprint density at radius 3 is 3.00 bits per heavy atom. The molecule has 1 aromatic heterocycles. The summed E-state index contributed by atoms with van der Waals surface area (Å²) in [5, 5.41) is 7.42. The lowest BCUT2D eigenvalue weighted by Crippen LogP contribution is -2.39. The van der Waals surface area contributed by atoms with E-state index in [1.165, 1.54) is 5.56 Å². The number of aromatic nitrogens is 2. The van der Waals surface area contributed by atoms with Crippen LogP contribution in [0.1, 0.15) is 11.1 Å². The first kappa shape index (κ1) is 12.7. The highest BCUT2D eigenvalue weighted by molar-refractivity contribution is 5.87. The van der Waals surface area contributed by atoms with Gasteiger partial charge in [-0.1, -0.05) is 18.2 Å². The Balaban J connectivity index is 1.65. The van der Waals surface area contributed by atoms with Gasteiger partial charge in [0.25, 0.3) is 0 Å². The van der Waals surface area contributed by atoms with Crippen LogP contribution in [-0.2, 0) is 24.8 Å². The number of hydrogen-bond donors (Lipinski definition) is 1. The number of hydrogen-bond acceptors (Lipinski definition) is 3. The summed E-state index contributed by atoms with van der Waals surface area (Å²) in [5.74, 6) is 0.116. The lowest BCUT2D eigenvalue weighted by atomic mass is 10.1. The molecule has 1 aromatic carbocycles. The van der Waals surface area contributed by atoms with Crippen LogP contribution in [0.2, 0.25) is 0 Å². The average molecular weight is 270 g/mol. The minimum absolute atomic E-state index is 0.116. The van der Waals surface area contributed by atoms with Crippen molar-refractivity contribution in [2.45, 2.75) is 19.0 Å². The number of anilines is 1. The third kappa shape index (κ3) is 2.39. The van der Waals surface area contributed by atoms with Crippen LogP contribution in [-0.4, -0.2) is 33.7 Å². The number of nitrogens with one attached hydrogen (secondary N) is 1. The van der Waals surface area contributed by atoms with Gasteiger partial charge in [-0.2, -0.15) is 5.10 Å². The number of rotatable bonds is 3. The third-order valence-corrected chi connectivity index (χ3v) is 3.62. The zero-order valence-corrected chi connectivity index (χ0v) is 11.7. The van der Waals surface area contributed by atoms with E-state index < -0.39 is 0 Å². The summed E-state index contributed by atoms with van der Waals surface area (Å²) in [5.41, 5.74) is 3.32. The smallest absolute Gasteiger partial charge is 0.245 e. The second kappa shape index (κ2) is 5.00. The molecule has 0 aliphatic carbocycles. The van der Waals surface area contributed by atoms with E-state index in [1.54, 1.807) is 15.8 Å². The molecule has 0 spiro atoms. The van der Waals surface area contributed by atoms with Crippen molar-refractivity contribution in [1.82, 2.24) is 14.7 Å². The molecule has 0 radical (unpaired) electrons. The van der Waals surface area contributed by atoms with Gasteiger partial charge in [-0.15, -0.1) is 0 Å². The molecule has 1 unspecified atom stereocenters. The Morgan fingerprint density at radius 1 is 1.50 bits per heavy atom. The molecule has 0 fully saturated rings. The van der Waals surface area contributed by atoms with Gasteiger partial charge in [0.1, 0.15) is 6.04 Å². The quantitative estimate of drug-likeness (QED) is 0.917. The van der Waals surface area contributed by atoms with Gasteiger partial charge < -0.3 is 10.2 Å². The maximum absolute atomic E-state index is 12.5. The van der Waals surface area contributed by atoms with Crippen molar-refractivity contribution in [3.05, 3.63) is 47.8 Å². The van der Waals surface area contributed by atoms with Crippen LogP contribution in [0.3, 0.4) is 0 Å². The first-order chi connectivity index (χ1) is 9.63. The van der Waals surface area contributed by atoms with Crippen LogP contribution >= 0.6 is 0 Å². The van der Waals surface area contributed by atoms with Gasteiger partial charge in [0.05, 0.1) is 6.20 Å². The molecule has 104 valence electrons. The first-order valence-corrected chi connectivity index (χ1v) is 6.70. The molecular formula is C15H18N4O. The average Bonchev–Trinajstić information content (AvgIpc) is 3.03. The highest BCUT2D eigenvalue weighted by Gasteiger charge is 2.28. The van der Waals surface area contributed by atoms with Crippen molar-refractivity contribution in [3.8, 4) is 0 Å². The summed E-state index contributed by atoms with van der Waals surface area (Å²) in [6.07, 6.45) is 4.48. The number of fused-ring (bicyclic) bond motifs is 1. The predicted molar refractivity (Wildman–Crippen MR) is 77.2 cm³/mol. The standard InChI is InChI=1S/C15H18N4O/c1-18(9-11-8-16-19(2)10-11)15(20)14-7-12-5-3-4-6-13(12)17-14/h3-6,8,10,14,17H,7,9H2,1-2H3. The number of amides is 1. The Labute approximate surface area is 118 Å². The molecule has 5 heteroatoms. The number of benzene rings is 1. The van der Waals surface area contributed by atoms with E-state index in [1.807, 2.05) is 38.5 Å². The summed E-state index contributed by atoms with van der Waals surface area (Å²) >= 11 is 0. The Morgan fingerprint density at radius 2 is 2.30 bits per heavy atom. The maximum atomic E-state index is 12.5. The van der Waals surface area contributed by atoms with Crippen molar-refractivity contribution in [1.29, 1.82) is 0 Å². The molecule has 1 atom stereocenters. The third-order valence-electron chi connectivity index (χ3n) is 3.62. The summed E-state index contributed by atoms with van der Waals surface area (Å²) < 4.78 is 1.75. The number of carbonyl (C=O) groups excluding carboxylic acids is 1. The van der Waals surface area contributed by atoms with E-state index >= 15 is 0 Å². The lowest BCUT2D eigenvalue weighted by molar-refractivity contribution is -0.131. The molecule has 0 saturated heterocycles. The van der Waals surface area contributed by atoms with E-state index in [4.69, 9.17) is 0 Å². The lowest BCUT2D eigenvalue weighted by Gasteiger charge is -2.20. The molecule has 1 aliphatic heterocycles. The van der Waals surface area contributed by atoms with Gasteiger partial charge in [-0.25, -0.2) is 0 Å². The van der Waals surface area contributed by atoms with Crippen molar-refractivity contribution in [2.24, 2.45) is 7.05 Å². The fourth-order valence-electron chi connectivity index (χ4n) is 2.62. The normalized spacial score (nSPS) is 16.6. The van der Waals surface area contributed by atoms with E-state index in [9.17, 15) is 4.79 Å². The topological polar surface area (TPSA) is 50.2 Å². The van der Waals surface area contributed by atoms with Gasteiger partial charge in [0.15, 0.2) is 0 Å². The number of para-hydroxylation sites is 1. The number of nitrogens with zero attached hydrogens (tertiary/aromatic N) is 3. The van der Waals surface area contributed by atoms with Crippen molar-refractivity contribution >= 4 is 11.6 Å². The van der Waals surface area contributed by atoms with Crippen molar-refractivity contribution in [2.75, 3.05) is 12.4 Å². The van der Waals surface area contributed by atoms with Gasteiger partial charge in [0, 0.05) is 44.5 Å². The van der Waals surface area contributed by atoms with E-state index in [-0.39, 0.29) is 11.9 Å². The van der Waals surface area contributed by atoms with Crippen LogP contribution in [0, 0.1) is 0 Å². The van der Waals surface area contributed by atoms with Crippen LogP contribution < -0.4 is 5.32 Å². The molecule has 20 heavy (non-hydrogen) atoms. The van der Waals surface area contributed by atoms with E-state index in [0.717, 1.165) is 17.7 Å². The van der Waals surface area contributed by atoms with Crippen molar-refractivity contribution < 1.29 is 4.79 Å². The zero-order chi connectivity index (χ0) is 14.1. The summed E-state index contributed by atoms with van der Waals surface area (Å²) in [6.45, 7) is 0.585. The van der Waals surface area contributed by atoms with Crippen molar-refractivity contribution in [3.63, 3.8) is 0 Å². The van der Waals surface area contributed by atoms with Gasteiger partial charge in [0.2, 0.25) is 5.91 Å². The minimum Gasteiger partial charge on any atom is -0.373 e. The second-order valence-electron chi connectivity index (χ2n) is 5.27. The SMILES string of the molecule is CN(Cc1cnn(C)c1)C(=O)C1Cc2ccccc2N1. The summed E-state index contributed by atoms with van der Waals surface area (Å²) in [4.78, 5) is 14.2. The van der Waals surface area contributed by atoms with Crippen LogP contribution in [0.15, 0.2) is 36.7 Å². The first-order valence-electron chi connectivity index (χ1n) is 6.70. The van der Waals surface area contributed by atoms with Gasteiger partial charge in [-0.05, 0) is 11.6 Å². The Bertz CT molecular complexity index is 609. The number of likely N-dealkylation sites (N-methyl/N-ethyl adjacent to an activating group) is 1. The van der Waals surface area contributed by atoms with Crippen LogP contribution in [0.4, 0.5) is 5.69 Å². The molecule has 1 amide bonds. The monoisotopic (exact) mass is 270 g/mol. The molecule has 1 N–H and O–H groups in total. The second-order valence-corrected chi connectivity index (χ2v) is 5.27. The van der Waals surface area contributed by atoms with Crippen LogP contribution in [0.5, 0.6) is 0 Å². The molecule has 0 bridgehead atoms. The fourth-order valence-corrected chi connectivity index (χ4v) is 2.62. The van der Waals surface area contributed by atoms with Crippen LogP contribution in [0.25, 0.3) is 0 Å². The van der Waals surface area contributed by atoms with Gasteiger partial charge >= 0.3 is 0 Å². The number of aryl methyl sites for hydroxylation is 1. The van der Waals surface area contributed by atoms with Gasteiger partial charge in [-0.3, -0.25) is 9.48 Å². The van der Waals surface area contributed by atoms with E-state index in [0.29, 0.717) is 6.54 Å². The number of carbonyl (C=O) groups is 1. The summed E-state index contributed by atoms with van der Waals surface area (Å²) in [7, 11) is 3.71. The molecule has 2 aromatic rings. The molecule has 2 heterocycles. The maximum Gasteiger partial charge on any atom is 0.245 e. The Kier molecular flexibility index (Phi) is 3.18. The highest BCUT2D eigenvalue weighted by atomic mass is 16.2. The molecular weight excluding hydrogens is 252 g/mol. The Hall–Kier alpha value is -2.30. The zero-order valence-electron chi connectivity index (χ0n) is 11.7. The fraction of sp³-hybridized carbons (Fsp3) is 0.333. The predicted octanol–water partition coefficient (Wildman–Crippen LogP) is 1.42. The van der Waals surface area contributed by atoms with E-state index in [2.05, 4.69) is 16.5 Å². The molecule has 3 rings (SSSR count). The molecule has 0 saturated carbocycles. The summed E-state index contributed by atoms with van der Waals surface area (Å²) in [6, 6.07) is 7.92. The molecule has 1 aliphatic rings.